The molecular weight excluding hydrogens is 298 g/mol. The Morgan fingerprint density at radius 2 is 2.29 bits per heavy atom. The lowest BCUT2D eigenvalue weighted by molar-refractivity contribution is 0.00749. The second-order valence-electron chi connectivity index (χ2n) is 7.06. The van der Waals surface area contributed by atoms with Crippen molar-refractivity contribution in [3.63, 3.8) is 0 Å². The summed E-state index contributed by atoms with van der Waals surface area (Å²) in [6.07, 6.45) is 6.43. The number of pyridine rings is 1. The molecule has 5 atom stereocenters. The first-order valence-corrected chi connectivity index (χ1v) is 8.76. The minimum atomic E-state index is -0.00354. The van der Waals surface area contributed by atoms with Crippen molar-refractivity contribution >= 4 is 10.9 Å². The maximum Gasteiger partial charge on any atom is 0.119 e. The molecule has 2 unspecified atom stereocenters. The molecule has 4 heterocycles. The monoisotopic (exact) mass is 323 g/mol. The van der Waals surface area contributed by atoms with Gasteiger partial charge in [-0.1, -0.05) is 6.08 Å². The van der Waals surface area contributed by atoms with Gasteiger partial charge in [-0.3, -0.25) is 9.88 Å². The molecule has 24 heavy (non-hydrogen) atoms. The van der Waals surface area contributed by atoms with Gasteiger partial charge < -0.3 is 10.5 Å². The van der Waals surface area contributed by atoms with E-state index >= 15 is 0 Å². The molecule has 3 aliphatic rings. The van der Waals surface area contributed by atoms with Crippen LogP contribution in [0.5, 0.6) is 5.75 Å². The average Bonchev–Trinajstić information content (AvgIpc) is 2.66. The third-order valence-corrected chi connectivity index (χ3v) is 5.91. The number of nitrogens with zero attached hydrogens (tertiary/aromatic N) is 2. The number of piperidine rings is 3. The molecule has 5 rings (SSSR count). The number of ether oxygens (including phenoxy) is 1. The minimum absolute atomic E-state index is 0.00354. The van der Waals surface area contributed by atoms with E-state index in [4.69, 9.17) is 10.5 Å². The molecule has 0 aliphatic carbocycles. The average molecular weight is 323 g/mol. The molecule has 0 amide bonds. The number of benzene rings is 1. The van der Waals surface area contributed by atoms with E-state index in [2.05, 4.69) is 34.7 Å². The molecule has 3 fully saturated rings. The Labute approximate surface area is 143 Å². The lowest BCUT2D eigenvalue weighted by atomic mass is 9.73. The highest BCUT2D eigenvalue weighted by Gasteiger charge is 2.41. The van der Waals surface area contributed by atoms with Crippen molar-refractivity contribution in [3.05, 3.63) is 48.7 Å². The zero-order valence-corrected chi connectivity index (χ0v) is 14.2. The third-order valence-electron chi connectivity index (χ3n) is 5.91. The molecule has 2 aromatic rings. The lowest BCUT2D eigenvalue weighted by Gasteiger charge is -2.51. The van der Waals surface area contributed by atoms with Gasteiger partial charge in [0.2, 0.25) is 0 Å². The largest absolute Gasteiger partial charge is 0.497 e. The molecule has 0 saturated carbocycles. The summed E-state index contributed by atoms with van der Waals surface area (Å²) in [5.74, 6) is 2.20. The van der Waals surface area contributed by atoms with Crippen LogP contribution in [-0.2, 0) is 0 Å². The normalized spacial score (nSPS) is 30.2. The fraction of sp³-hybridized carbons (Fsp3) is 0.450. The van der Waals surface area contributed by atoms with Crippen LogP contribution in [0.15, 0.2) is 43.1 Å². The zero-order valence-electron chi connectivity index (χ0n) is 14.2. The predicted molar refractivity (Wildman–Crippen MR) is 97.0 cm³/mol. The van der Waals surface area contributed by atoms with E-state index in [1.165, 1.54) is 12.0 Å². The van der Waals surface area contributed by atoms with Gasteiger partial charge in [0.1, 0.15) is 5.75 Å². The van der Waals surface area contributed by atoms with Crippen LogP contribution in [0.25, 0.3) is 10.9 Å². The first-order valence-electron chi connectivity index (χ1n) is 8.76. The summed E-state index contributed by atoms with van der Waals surface area (Å²) in [4.78, 5) is 7.04. The van der Waals surface area contributed by atoms with Gasteiger partial charge in [-0.05, 0) is 61.1 Å². The summed E-state index contributed by atoms with van der Waals surface area (Å²) in [5.41, 5.74) is 8.91. The van der Waals surface area contributed by atoms with Crippen LogP contribution in [0.3, 0.4) is 0 Å². The summed E-state index contributed by atoms with van der Waals surface area (Å²) in [5, 5.41) is 1.10. The number of rotatable bonds is 4. The van der Waals surface area contributed by atoms with Gasteiger partial charge in [0.25, 0.3) is 0 Å². The van der Waals surface area contributed by atoms with Crippen molar-refractivity contribution in [1.82, 2.24) is 9.88 Å². The van der Waals surface area contributed by atoms with Crippen LogP contribution in [0.4, 0.5) is 0 Å². The maximum absolute atomic E-state index is 6.76. The molecule has 0 radical (unpaired) electrons. The van der Waals surface area contributed by atoms with E-state index in [-0.39, 0.29) is 6.04 Å². The van der Waals surface area contributed by atoms with Crippen LogP contribution in [-0.4, -0.2) is 36.1 Å². The van der Waals surface area contributed by atoms with E-state index in [1.807, 2.05) is 18.3 Å². The third kappa shape index (κ3) is 2.50. The molecule has 4 heteroatoms. The smallest absolute Gasteiger partial charge is 0.119 e. The highest BCUT2D eigenvalue weighted by Crippen LogP contribution is 2.41. The van der Waals surface area contributed by atoms with E-state index in [0.717, 1.165) is 42.1 Å². The van der Waals surface area contributed by atoms with E-state index in [9.17, 15) is 0 Å². The number of hydrogen-bond donors (Lipinski definition) is 1. The molecular formula is C20H25N3O. The van der Waals surface area contributed by atoms with Gasteiger partial charge >= 0.3 is 0 Å². The summed E-state index contributed by atoms with van der Waals surface area (Å²) in [7, 11) is 1.69. The molecule has 0 spiro atoms. The number of nitrogens with two attached hydrogens (primary N) is 1. The van der Waals surface area contributed by atoms with E-state index < -0.39 is 0 Å². The van der Waals surface area contributed by atoms with E-state index in [0.29, 0.717) is 12.0 Å². The van der Waals surface area contributed by atoms with Gasteiger partial charge in [-0.25, -0.2) is 0 Å². The maximum atomic E-state index is 6.76. The van der Waals surface area contributed by atoms with Gasteiger partial charge in [-0.15, -0.1) is 6.58 Å². The topological polar surface area (TPSA) is 51.4 Å². The Morgan fingerprint density at radius 1 is 1.42 bits per heavy atom. The Hall–Kier alpha value is -1.91. The highest BCUT2D eigenvalue weighted by molar-refractivity contribution is 5.84. The molecule has 1 aromatic carbocycles. The second-order valence-corrected chi connectivity index (χ2v) is 7.06. The van der Waals surface area contributed by atoms with Crippen molar-refractivity contribution in [2.24, 2.45) is 17.6 Å². The summed E-state index contributed by atoms with van der Waals surface area (Å²) in [6, 6.07) is 8.48. The Bertz CT molecular complexity index is 760. The Morgan fingerprint density at radius 3 is 3.00 bits per heavy atom. The summed E-state index contributed by atoms with van der Waals surface area (Å²) >= 11 is 0. The van der Waals surface area contributed by atoms with Crippen molar-refractivity contribution in [2.45, 2.75) is 24.9 Å². The molecule has 126 valence electrons. The molecule has 1 aromatic heterocycles. The van der Waals surface area contributed by atoms with Gasteiger partial charge in [0.05, 0.1) is 12.6 Å². The standard InChI is InChI=1S/C20H25N3O/c1-3-13-12-23-9-7-14(13)10-19(23)20(21)16-6-8-22-18-5-4-15(24-2)11-17(16)18/h3-6,8,11,13-14,19-20H,1,7,9-10,12,21H2,2H3/t13-,14?,19+,20-/m0/s1. The molecule has 3 saturated heterocycles. The van der Waals surface area contributed by atoms with Gasteiger partial charge in [0, 0.05) is 30.2 Å². The minimum Gasteiger partial charge on any atom is -0.497 e. The fourth-order valence-electron chi connectivity index (χ4n) is 4.52. The molecule has 2 N–H and O–H groups in total. The summed E-state index contributed by atoms with van der Waals surface area (Å²) in [6.45, 7) is 6.26. The zero-order chi connectivity index (χ0) is 16.7. The predicted octanol–water partition coefficient (Wildman–Crippen LogP) is 3.14. The quantitative estimate of drug-likeness (QED) is 0.878. The number of hydrogen-bond acceptors (Lipinski definition) is 4. The van der Waals surface area contributed by atoms with Crippen LogP contribution in [0.2, 0.25) is 0 Å². The lowest BCUT2D eigenvalue weighted by Crippen LogP contribution is -2.56. The Kier molecular flexibility index (Phi) is 4.02. The van der Waals surface area contributed by atoms with E-state index in [1.54, 1.807) is 7.11 Å². The second kappa shape index (κ2) is 6.19. The van der Waals surface area contributed by atoms with Crippen LogP contribution < -0.4 is 10.5 Å². The fourth-order valence-corrected chi connectivity index (χ4v) is 4.52. The first kappa shape index (κ1) is 15.6. The number of fused-ring (bicyclic) bond motifs is 4. The number of aromatic nitrogens is 1. The van der Waals surface area contributed by atoms with Crippen LogP contribution in [0, 0.1) is 11.8 Å². The SMILES string of the molecule is C=C[C@H]1CN2CCC1C[C@@H]2[C@@H](N)c1ccnc2ccc(OC)cc12. The van der Waals surface area contributed by atoms with Gasteiger partial charge in [0.15, 0.2) is 0 Å². The van der Waals surface area contributed by atoms with Crippen molar-refractivity contribution in [2.75, 3.05) is 20.2 Å². The van der Waals surface area contributed by atoms with Crippen LogP contribution in [0.1, 0.15) is 24.4 Å². The molecule has 2 bridgehead atoms. The van der Waals surface area contributed by atoms with Crippen molar-refractivity contribution in [3.8, 4) is 5.75 Å². The van der Waals surface area contributed by atoms with Crippen LogP contribution >= 0.6 is 0 Å². The summed E-state index contributed by atoms with van der Waals surface area (Å²) < 4.78 is 5.39. The van der Waals surface area contributed by atoms with Crippen molar-refractivity contribution < 1.29 is 4.74 Å². The van der Waals surface area contributed by atoms with Gasteiger partial charge in [-0.2, -0.15) is 0 Å². The molecule has 4 nitrogen and oxygen atoms in total. The highest BCUT2D eigenvalue weighted by atomic mass is 16.5. The number of methoxy groups -OCH3 is 1. The molecule has 3 aliphatic heterocycles. The first-order chi connectivity index (χ1) is 11.7. The Balaban J connectivity index is 1.69. The van der Waals surface area contributed by atoms with Crippen molar-refractivity contribution in [1.29, 1.82) is 0 Å².